The number of hydrogen-bond acceptors (Lipinski definition) is 4. The molecule has 0 atom stereocenters. The van der Waals surface area contributed by atoms with Gasteiger partial charge in [0, 0.05) is 20.1 Å². The van der Waals surface area contributed by atoms with E-state index in [4.69, 9.17) is 4.98 Å². The summed E-state index contributed by atoms with van der Waals surface area (Å²) in [5.74, 6) is -0.0338. The van der Waals surface area contributed by atoms with Crippen molar-refractivity contribution in [2.24, 2.45) is 0 Å². The van der Waals surface area contributed by atoms with Crippen LogP contribution in [0.3, 0.4) is 0 Å². The van der Waals surface area contributed by atoms with Crippen molar-refractivity contribution in [3.63, 3.8) is 0 Å². The second kappa shape index (κ2) is 5.53. The molecule has 0 saturated heterocycles. The second-order valence-electron chi connectivity index (χ2n) is 5.65. The Bertz CT molecular complexity index is 818. The molecule has 3 aromatic heterocycles. The van der Waals surface area contributed by atoms with Crippen molar-refractivity contribution in [2.45, 2.75) is 19.9 Å². The zero-order valence-corrected chi connectivity index (χ0v) is 13.9. The van der Waals surface area contributed by atoms with E-state index in [0.717, 1.165) is 21.6 Å². The average Bonchev–Trinajstić information content (AvgIpc) is 3.14. The fourth-order valence-electron chi connectivity index (χ4n) is 2.36. The van der Waals surface area contributed by atoms with Gasteiger partial charge >= 0.3 is 0 Å². The van der Waals surface area contributed by atoms with Gasteiger partial charge in [-0.25, -0.2) is 9.67 Å². The van der Waals surface area contributed by atoms with Crippen molar-refractivity contribution in [3.05, 3.63) is 35.3 Å². The molecular weight excluding hydrogens is 296 g/mol. The predicted octanol–water partition coefficient (Wildman–Crippen LogP) is 3.44. The number of nitrogens with zero attached hydrogens (tertiary/aromatic N) is 4. The maximum Gasteiger partial charge on any atom is 0.254 e. The maximum absolute atomic E-state index is 12.5. The lowest BCUT2D eigenvalue weighted by atomic mass is 10.1. The number of fused-ring (bicyclic) bond motifs is 1. The zero-order valence-electron chi connectivity index (χ0n) is 13.1. The van der Waals surface area contributed by atoms with Crippen LogP contribution in [0.15, 0.2) is 29.8 Å². The van der Waals surface area contributed by atoms with Gasteiger partial charge in [0.05, 0.1) is 27.7 Å². The lowest BCUT2D eigenvalue weighted by Gasteiger charge is -2.13. The Hall–Kier alpha value is -2.21. The summed E-state index contributed by atoms with van der Waals surface area (Å²) in [7, 11) is 3.51. The van der Waals surface area contributed by atoms with Crippen LogP contribution in [0.5, 0.6) is 0 Å². The molecule has 0 radical (unpaired) electrons. The van der Waals surface area contributed by atoms with Gasteiger partial charge in [-0.3, -0.25) is 4.79 Å². The van der Waals surface area contributed by atoms with Gasteiger partial charge in [0.25, 0.3) is 5.91 Å². The number of amides is 1. The zero-order chi connectivity index (χ0) is 15.9. The molecule has 0 N–H and O–H groups in total. The summed E-state index contributed by atoms with van der Waals surface area (Å²) in [5.41, 5.74) is 2.21. The summed E-state index contributed by atoms with van der Waals surface area (Å²) < 4.78 is 1.86. The molecule has 0 aliphatic carbocycles. The van der Waals surface area contributed by atoms with Crippen molar-refractivity contribution < 1.29 is 4.79 Å². The third-order valence-corrected chi connectivity index (χ3v) is 4.36. The molecule has 3 heterocycles. The van der Waals surface area contributed by atoms with E-state index in [0.29, 0.717) is 5.56 Å². The molecule has 0 fully saturated rings. The van der Waals surface area contributed by atoms with Gasteiger partial charge in [0.15, 0.2) is 5.65 Å². The summed E-state index contributed by atoms with van der Waals surface area (Å²) >= 11 is 1.61. The first-order valence-corrected chi connectivity index (χ1v) is 8.00. The highest BCUT2D eigenvalue weighted by molar-refractivity contribution is 7.13. The average molecular weight is 314 g/mol. The Labute approximate surface area is 133 Å². The minimum atomic E-state index is -0.0338. The first-order valence-electron chi connectivity index (χ1n) is 7.13. The third-order valence-electron chi connectivity index (χ3n) is 3.47. The molecule has 0 aliphatic rings. The maximum atomic E-state index is 12.5. The Morgan fingerprint density at radius 3 is 2.73 bits per heavy atom. The predicted molar refractivity (Wildman–Crippen MR) is 89.2 cm³/mol. The van der Waals surface area contributed by atoms with Crippen molar-refractivity contribution in [1.29, 1.82) is 0 Å². The standard InChI is InChI=1S/C16H18N4OS/c1-10(2)20-15-12(9-17-20)11(16(21)19(3)4)8-13(18-15)14-6-5-7-22-14/h5-10H,1-4H3. The molecule has 0 bridgehead atoms. The Morgan fingerprint density at radius 2 is 2.14 bits per heavy atom. The van der Waals surface area contributed by atoms with Crippen LogP contribution < -0.4 is 0 Å². The Morgan fingerprint density at radius 1 is 1.36 bits per heavy atom. The Balaban J connectivity index is 2.30. The van der Waals surface area contributed by atoms with Gasteiger partial charge in [-0.2, -0.15) is 5.10 Å². The largest absolute Gasteiger partial charge is 0.345 e. The van der Waals surface area contributed by atoms with Gasteiger partial charge in [0.2, 0.25) is 0 Å². The van der Waals surface area contributed by atoms with Crippen LogP contribution in [0.4, 0.5) is 0 Å². The number of hydrogen-bond donors (Lipinski definition) is 0. The van der Waals surface area contributed by atoms with Crippen molar-refractivity contribution in [2.75, 3.05) is 14.1 Å². The minimum Gasteiger partial charge on any atom is -0.345 e. The second-order valence-corrected chi connectivity index (χ2v) is 6.60. The van der Waals surface area contributed by atoms with Crippen LogP contribution in [0.25, 0.3) is 21.6 Å². The van der Waals surface area contributed by atoms with E-state index in [9.17, 15) is 4.79 Å². The van der Waals surface area contributed by atoms with Crippen LogP contribution in [-0.4, -0.2) is 39.7 Å². The summed E-state index contributed by atoms with van der Waals surface area (Å²) in [6.45, 7) is 4.11. The van der Waals surface area contributed by atoms with Crippen LogP contribution in [-0.2, 0) is 0 Å². The molecule has 3 rings (SSSR count). The van der Waals surface area contributed by atoms with Crippen molar-refractivity contribution in [1.82, 2.24) is 19.7 Å². The normalized spacial score (nSPS) is 11.3. The topological polar surface area (TPSA) is 51.0 Å². The molecule has 0 saturated carbocycles. The summed E-state index contributed by atoms with van der Waals surface area (Å²) in [6, 6.07) is 6.05. The fraction of sp³-hybridized carbons (Fsp3) is 0.312. The van der Waals surface area contributed by atoms with Crippen LogP contribution >= 0.6 is 11.3 Å². The van der Waals surface area contributed by atoms with Crippen LogP contribution in [0.1, 0.15) is 30.2 Å². The molecule has 114 valence electrons. The molecule has 0 aromatic carbocycles. The van der Waals surface area contributed by atoms with E-state index in [-0.39, 0.29) is 11.9 Å². The van der Waals surface area contributed by atoms with Gasteiger partial charge in [-0.05, 0) is 31.4 Å². The van der Waals surface area contributed by atoms with E-state index in [1.165, 1.54) is 0 Å². The quantitative estimate of drug-likeness (QED) is 0.744. The van der Waals surface area contributed by atoms with Gasteiger partial charge in [-0.15, -0.1) is 11.3 Å². The number of aromatic nitrogens is 3. The molecule has 0 unspecified atom stereocenters. The molecular formula is C16H18N4OS. The molecule has 0 spiro atoms. The first kappa shape index (κ1) is 14.7. The van der Waals surface area contributed by atoms with E-state index in [1.54, 1.807) is 36.5 Å². The van der Waals surface area contributed by atoms with E-state index in [1.807, 2.05) is 28.3 Å². The lowest BCUT2D eigenvalue weighted by molar-refractivity contribution is 0.0829. The number of carbonyl (C=O) groups is 1. The molecule has 5 nitrogen and oxygen atoms in total. The van der Waals surface area contributed by atoms with E-state index >= 15 is 0 Å². The van der Waals surface area contributed by atoms with Crippen LogP contribution in [0.2, 0.25) is 0 Å². The van der Waals surface area contributed by atoms with Gasteiger partial charge in [-0.1, -0.05) is 6.07 Å². The monoisotopic (exact) mass is 314 g/mol. The number of carbonyl (C=O) groups excluding carboxylic acids is 1. The van der Waals surface area contributed by atoms with Crippen molar-refractivity contribution in [3.8, 4) is 10.6 Å². The molecule has 3 aromatic rings. The molecule has 0 aliphatic heterocycles. The van der Waals surface area contributed by atoms with Gasteiger partial charge in [0.1, 0.15) is 0 Å². The van der Waals surface area contributed by atoms with Crippen molar-refractivity contribution >= 4 is 28.3 Å². The number of pyridine rings is 1. The van der Waals surface area contributed by atoms with Gasteiger partial charge < -0.3 is 4.90 Å². The summed E-state index contributed by atoms with van der Waals surface area (Å²) in [5, 5.41) is 7.21. The number of rotatable bonds is 3. The summed E-state index contributed by atoms with van der Waals surface area (Å²) in [6.07, 6.45) is 1.73. The molecule has 1 amide bonds. The first-order chi connectivity index (χ1) is 10.5. The van der Waals surface area contributed by atoms with E-state index < -0.39 is 0 Å². The lowest BCUT2D eigenvalue weighted by Crippen LogP contribution is -2.22. The highest BCUT2D eigenvalue weighted by Gasteiger charge is 2.19. The van der Waals surface area contributed by atoms with Crippen LogP contribution in [0, 0.1) is 0 Å². The smallest absolute Gasteiger partial charge is 0.254 e. The highest BCUT2D eigenvalue weighted by atomic mass is 32.1. The summed E-state index contributed by atoms with van der Waals surface area (Å²) in [4.78, 5) is 19.9. The fourth-order valence-corrected chi connectivity index (χ4v) is 3.05. The molecule has 22 heavy (non-hydrogen) atoms. The third kappa shape index (κ3) is 2.39. The highest BCUT2D eigenvalue weighted by Crippen LogP contribution is 2.29. The number of thiophene rings is 1. The SMILES string of the molecule is CC(C)n1ncc2c(C(=O)N(C)C)cc(-c3cccs3)nc21. The van der Waals surface area contributed by atoms with E-state index in [2.05, 4.69) is 18.9 Å². The Kier molecular flexibility index (Phi) is 3.70. The minimum absolute atomic E-state index is 0.0338. The molecule has 6 heteroatoms.